The second kappa shape index (κ2) is 7.13. The van der Waals surface area contributed by atoms with Crippen molar-refractivity contribution in [2.24, 2.45) is 11.1 Å². The van der Waals surface area contributed by atoms with E-state index in [1.807, 2.05) is 19.1 Å². The third kappa shape index (κ3) is 4.41. The standard InChI is InChI=1S/C18H26N4O2/c1-12(11-19)22(5)17(23)14-8-6-7-13(9-14)16-20-15(24-21-16)10-18(2,3)4/h6-9,12H,10-11,19H2,1-5H3. The van der Waals surface area contributed by atoms with Gasteiger partial charge in [0.1, 0.15) is 0 Å². The molecule has 0 aliphatic rings. The Morgan fingerprint density at radius 1 is 1.38 bits per heavy atom. The molecule has 1 aromatic carbocycles. The van der Waals surface area contributed by atoms with Crippen molar-refractivity contribution >= 4 is 5.91 Å². The fraction of sp³-hybridized carbons (Fsp3) is 0.500. The van der Waals surface area contributed by atoms with Crippen LogP contribution >= 0.6 is 0 Å². The minimum absolute atomic E-state index is 0.0234. The van der Waals surface area contributed by atoms with Crippen molar-refractivity contribution in [2.75, 3.05) is 13.6 Å². The van der Waals surface area contributed by atoms with Crippen LogP contribution in [-0.4, -0.2) is 40.6 Å². The number of nitrogens with zero attached hydrogens (tertiary/aromatic N) is 3. The van der Waals surface area contributed by atoms with Crippen LogP contribution in [-0.2, 0) is 6.42 Å². The number of hydrogen-bond acceptors (Lipinski definition) is 5. The first-order chi connectivity index (χ1) is 11.2. The Labute approximate surface area is 143 Å². The molecule has 0 bridgehead atoms. The molecule has 0 aliphatic carbocycles. The molecule has 1 unspecified atom stereocenters. The molecule has 1 aromatic heterocycles. The highest BCUT2D eigenvalue weighted by Gasteiger charge is 2.19. The van der Waals surface area contributed by atoms with Gasteiger partial charge in [-0.05, 0) is 24.5 Å². The first-order valence-electron chi connectivity index (χ1n) is 8.11. The number of hydrogen-bond donors (Lipinski definition) is 1. The van der Waals surface area contributed by atoms with Gasteiger partial charge in [0.25, 0.3) is 5.91 Å². The van der Waals surface area contributed by atoms with Gasteiger partial charge in [0, 0.05) is 37.2 Å². The first-order valence-corrected chi connectivity index (χ1v) is 8.11. The van der Waals surface area contributed by atoms with Crippen LogP contribution in [0.5, 0.6) is 0 Å². The van der Waals surface area contributed by atoms with Crippen LogP contribution in [0.25, 0.3) is 11.4 Å². The number of nitrogens with two attached hydrogens (primary N) is 1. The summed E-state index contributed by atoms with van der Waals surface area (Å²) in [6.45, 7) is 8.68. The zero-order chi connectivity index (χ0) is 17.9. The van der Waals surface area contributed by atoms with E-state index in [2.05, 4.69) is 30.9 Å². The van der Waals surface area contributed by atoms with Crippen LogP contribution in [0.2, 0.25) is 0 Å². The fourth-order valence-corrected chi connectivity index (χ4v) is 2.25. The van der Waals surface area contributed by atoms with E-state index in [1.165, 1.54) is 0 Å². The number of benzene rings is 1. The second-order valence-electron chi connectivity index (χ2n) is 7.33. The zero-order valence-electron chi connectivity index (χ0n) is 15.0. The monoisotopic (exact) mass is 330 g/mol. The van der Waals surface area contributed by atoms with Crippen LogP contribution in [0, 0.1) is 5.41 Å². The van der Waals surface area contributed by atoms with Crippen LogP contribution in [0.3, 0.4) is 0 Å². The van der Waals surface area contributed by atoms with E-state index in [4.69, 9.17) is 10.3 Å². The van der Waals surface area contributed by atoms with Crippen molar-refractivity contribution in [2.45, 2.75) is 40.2 Å². The van der Waals surface area contributed by atoms with Gasteiger partial charge >= 0.3 is 0 Å². The van der Waals surface area contributed by atoms with Gasteiger partial charge in [-0.2, -0.15) is 4.98 Å². The van der Waals surface area contributed by atoms with Crippen molar-refractivity contribution in [3.05, 3.63) is 35.7 Å². The van der Waals surface area contributed by atoms with Gasteiger partial charge in [0.15, 0.2) is 0 Å². The van der Waals surface area contributed by atoms with Crippen molar-refractivity contribution in [3.8, 4) is 11.4 Å². The number of likely N-dealkylation sites (N-methyl/N-ethyl adjacent to an activating group) is 1. The highest BCUT2D eigenvalue weighted by molar-refractivity contribution is 5.95. The topological polar surface area (TPSA) is 85.2 Å². The molecule has 6 heteroatoms. The van der Waals surface area contributed by atoms with Gasteiger partial charge < -0.3 is 15.2 Å². The van der Waals surface area contributed by atoms with Gasteiger partial charge in [-0.1, -0.05) is 38.1 Å². The molecule has 0 saturated carbocycles. The molecule has 0 spiro atoms. The Hall–Kier alpha value is -2.21. The maximum absolute atomic E-state index is 12.5. The molecule has 2 rings (SSSR count). The van der Waals surface area contributed by atoms with E-state index >= 15 is 0 Å². The van der Waals surface area contributed by atoms with E-state index in [0.717, 1.165) is 5.56 Å². The Morgan fingerprint density at radius 3 is 2.71 bits per heavy atom. The molecule has 2 aromatic rings. The highest BCUT2D eigenvalue weighted by Crippen LogP contribution is 2.23. The third-order valence-electron chi connectivity index (χ3n) is 3.84. The van der Waals surface area contributed by atoms with E-state index in [9.17, 15) is 4.79 Å². The number of carbonyl (C=O) groups excluding carboxylic acids is 1. The van der Waals surface area contributed by atoms with Gasteiger partial charge in [0.05, 0.1) is 0 Å². The summed E-state index contributed by atoms with van der Waals surface area (Å²) in [6, 6.07) is 7.23. The smallest absolute Gasteiger partial charge is 0.253 e. The average molecular weight is 330 g/mol. The molecule has 0 saturated heterocycles. The predicted molar refractivity (Wildman–Crippen MR) is 93.5 cm³/mol. The largest absolute Gasteiger partial charge is 0.339 e. The molecule has 1 atom stereocenters. The summed E-state index contributed by atoms with van der Waals surface area (Å²) in [5, 5.41) is 4.04. The summed E-state index contributed by atoms with van der Waals surface area (Å²) in [6.07, 6.45) is 0.704. The lowest BCUT2D eigenvalue weighted by Crippen LogP contribution is -2.39. The lowest BCUT2D eigenvalue weighted by atomic mass is 9.92. The van der Waals surface area contributed by atoms with Crippen molar-refractivity contribution < 1.29 is 9.32 Å². The first kappa shape index (κ1) is 18.1. The maximum Gasteiger partial charge on any atom is 0.253 e. The quantitative estimate of drug-likeness (QED) is 0.911. The zero-order valence-corrected chi connectivity index (χ0v) is 15.0. The summed E-state index contributed by atoms with van der Waals surface area (Å²) in [7, 11) is 1.75. The molecule has 1 amide bonds. The highest BCUT2D eigenvalue weighted by atomic mass is 16.5. The molecule has 0 radical (unpaired) electrons. The van der Waals surface area contributed by atoms with Crippen LogP contribution in [0.1, 0.15) is 43.9 Å². The number of amides is 1. The second-order valence-corrected chi connectivity index (χ2v) is 7.33. The molecule has 0 aliphatic heterocycles. The van der Waals surface area contributed by atoms with Crippen LogP contribution in [0.4, 0.5) is 0 Å². The van der Waals surface area contributed by atoms with Crippen molar-refractivity contribution in [1.82, 2.24) is 15.0 Å². The molecule has 6 nitrogen and oxygen atoms in total. The summed E-state index contributed by atoms with van der Waals surface area (Å²) in [5.41, 5.74) is 7.05. The van der Waals surface area contributed by atoms with Crippen LogP contribution < -0.4 is 5.73 Å². The number of rotatable bonds is 5. The summed E-state index contributed by atoms with van der Waals surface area (Å²) >= 11 is 0. The normalized spacial score (nSPS) is 12.9. The third-order valence-corrected chi connectivity index (χ3v) is 3.84. The maximum atomic E-state index is 12.5. The van der Waals surface area contributed by atoms with E-state index in [-0.39, 0.29) is 17.4 Å². The molecule has 24 heavy (non-hydrogen) atoms. The summed E-state index contributed by atoms with van der Waals surface area (Å²) in [4.78, 5) is 18.6. The molecule has 2 N–H and O–H groups in total. The predicted octanol–water partition coefficient (Wildman–Crippen LogP) is 2.74. The Kier molecular flexibility index (Phi) is 5.39. The number of carbonyl (C=O) groups is 1. The molecule has 1 heterocycles. The Bertz CT molecular complexity index is 703. The van der Waals surface area contributed by atoms with Crippen LogP contribution in [0.15, 0.2) is 28.8 Å². The lowest BCUT2D eigenvalue weighted by molar-refractivity contribution is 0.0748. The summed E-state index contributed by atoms with van der Waals surface area (Å²) in [5.74, 6) is 1.02. The SMILES string of the molecule is CC(CN)N(C)C(=O)c1cccc(-c2noc(CC(C)(C)C)n2)c1. The minimum Gasteiger partial charge on any atom is -0.339 e. The molecule has 0 fully saturated rings. The van der Waals surface area contributed by atoms with Gasteiger partial charge in [-0.3, -0.25) is 4.79 Å². The minimum atomic E-state index is -0.0757. The van der Waals surface area contributed by atoms with E-state index < -0.39 is 0 Å². The molecule has 130 valence electrons. The molecular weight excluding hydrogens is 304 g/mol. The van der Waals surface area contributed by atoms with E-state index in [0.29, 0.717) is 30.2 Å². The number of aromatic nitrogens is 2. The average Bonchev–Trinajstić information content (AvgIpc) is 2.99. The fourth-order valence-electron chi connectivity index (χ4n) is 2.25. The Balaban J connectivity index is 2.23. The van der Waals surface area contributed by atoms with Crippen molar-refractivity contribution in [3.63, 3.8) is 0 Å². The summed E-state index contributed by atoms with van der Waals surface area (Å²) < 4.78 is 5.33. The van der Waals surface area contributed by atoms with Gasteiger partial charge in [0.2, 0.25) is 11.7 Å². The van der Waals surface area contributed by atoms with Crippen molar-refractivity contribution in [1.29, 1.82) is 0 Å². The van der Waals surface area contributed by atoms with E-state index in [1.54, 1.807) is 24.1 Å². The lowest BCUT2D eigenvalue weighted by Gasteiger charge is -2.23. The van der Waals surface area contributed by atoms with Gasteiger partial charge in [-0.15, -0.1) is 0 Å². The van der Waals surface area contributed by atoms with Gasteiger partial charge in [-0.25, -0.2) is 0 Å². The Morgan fingerprint density at radius 2 is 2.08 bits per heavy atom. The molecular formula is C18H26N4O2.